The minimum Gasteiger partial charge on any atom is -0.387 e. The molecule has 3 rings (SSSR count). The smallest absolute Gasteiger partial charge is 0.0401 e. The predicted octanol–water partition coefficient (Wildman–Crippen LogP) is 4.05. The lowest BCUT2D eigenvalue weighted by molar-refractivity contribution is 0.855. The molecule has 2 aromatic rings. The molecule has 1 N–H and O–H groups in total. The average molecular weight is 253 g/mol. The standard InChI is InChI=1S/C16H15NS/c1-2-4-13(5-3-1)12-18-16-7-6-14-8-9-17-11-15(14)10-16/h1-10,17H,11-12H2. The summed E-state index contributed by atoms with van der Waals surface area (Å²) in [6.07, 6.45) is 4.14. The fourth-order valence-corrected chi connectivity index (χ4v) is 2.96. The van der Waals surface area contributed by atoms with Crippen molar-refractivity contribution in [2.45, 2.75) is 17.2 Å². The van der Waals surface area contributed by atoms with Crippen LogP contribution in [0.25, 0.3) is 6.08 Å². The number of nitrogens with one attached hydrogen (secondary N) is 1. The van der Waals surface area contributed by atoms with Crippen LogP contribution < -0.4 is 5.32 Å². The van der Waals surface area contributed by atoms with Crippen molar-refractivity contribution < 1.29 is 0 Å². The molecule has 0 unspecified atom stereocenters. The van der Waals surface area contributed by atoms with Crippen LogP contribution in [0.4, 0.5) is 0 Å². The van der Waals surface area contributed by atoms with Crippen molar-refractivity contribution in [3.8, 4) is 0 Å². The molecular formula is C16H15NS. The van der Waals surface area contributed by atoms with Gasteiger partial charge in [-0.2, -0.15) is 0 Å². The molecule has 1 heterocycles. The molecule has 0 saturated heterocycles. The molecule has 0 spiro atoms. The van der Waals surface area contributed by atoms with Gasteiger partial charge in [-0.25, -0.2) is 0 Å². The highest BCUT2D eigenvalue weighted by atomic mass is 32.2. The molecule has 0 aliphatic carbocycles. The van der Waals surface area contributed by atoms with Crippen molar-refractivity contribution in [3.63, 3.8) is 0 Å². The molecule has 18 heavy (non-hydrogen) atoms. The van der Waals surface area contributed by atoms with E-state index < -0.39 is 0 Å². The van der Waals surface area contributed by atoms with E-state index in [2.05, 4.69) is 59.9 Å². The maximum Gasteiger partial charge on any atom is 0.0401 e. The van der Waals surface area contributed by atoms with Crippen LogP contribution in [-0.4, -0.2) is 0 Å². The van der Waals surface area contributed by atoms with Gasteiger partial charge in [0.15, 0.2) is 0 Å². The molecule has 1 nitrogen and oxygen atoms in total. The third kappa shape index (κ3) is 2.59. The molecule has 2 aromatic carbocycles. The molecule has 0 bridgehead atoms. The van der Waals surface area contributed by atoms with Crippen molar-refractivity contribution in [3.05, 3.63) is 71.4 Å². The molecule has 0 aromatic heterocycles. The van der Waals surface area contributed by atoms with Gasteiger partial charge in [-0.3, -0.25) is 0 Å². The minimum atomic E-state index is 0.936. The molecule has 1 aliphatic heterocycles. The van der Waals surface area contributed by atoms with Gasteiger partial charge in [-0.15, -0.1) is 11.8 Å². The maximum absolute atomic E-state index is 3.25. The minimum absolute atomic E-state index is 0.936. The SMILES string of the molecule is C1=Cc2ccc(SCc3ccccc3)cc2CN1. The topological polar surface area (TPSA) is 12.0 Å². The first-order chi connectivity index (χ1) is 8.92. The summed E-state index contributed by atoms with van der Waals surface area (Å²) in [6.45, 7) is 0.936. The first-order valence-electron chi connectivity index (χ1n) is 6.11. The Labute approximate surface area is 112 Å². The van der Waals surface area contributed by atoms with Gasteiger partial charge < -0.3 is 5.32 Å². The lowest BCUT2D eigenvalue weighted by Crippen LogP contribution is -2.09. The van der Waals surface area contributed by atoms with Gasteiger partial charge in [0, 0.05) is 17.2 Å². The van der Waals surface area contributed by atoms with E-state index in [0.717, 1.165) is 12.3 Å². The summed E-state index contributed by atoms with van der Waals surface area (Å²) in [4.78, 5) is 1.34. The summed E-state index contributed by atoms with van der Waals surface area (Å²) in [5.74, 6) is 1.03. The Morgan fingerprint density at radius 1 is 1.06 bits per heavy atom. The number of thioether (sulfide) groups is 1. The van der Waals surface area contributed by atoms with Crippen molar-refractivity contribution in [1.82, 2.24) is 5.32 Å². The summed E-state index contributed by atoms with van der Waals surface area (Å²) in [6, 6.07) is 17.3. The second kappa shape index (κ2) is 5.32. The Balaban J connectivity index is 1.72. The van der Waals surface area contributed by atoms with Crippen LogP contribution in [0, 0.1) is 0 Å². The van der Waals surface area contributed by atoms with Crippen LogP contribution in [0.5, 0.6) is 0 Å². The van der Waals surface area contributed by atoms with Gasteiger partial charge in [0.2, 0.25) is 0 Å². The Bertz CT molecular complexity index is 561. The first kappa shape index (κ1) is 11.4. The molecule has 0 saturated carbocycles. The highest BCUT2D eigenvalue weighted by Crippen LogP contribution is 2.26. The van der Waals surface area contributed by atoms with Crippen LogP contribution in [0.15, 0.2) is 59.6 Å². The zero-order chi connectivity index (χ0) is 12.2. The Hall–Kier alpha value is -1.67. The molecular weight excluding hydrogens is 238 g/mol. The second-order valence-corrected chi connectivity index (χ2v) is 5.40. The highest BCUT2D eigenvalue weighted by molar-refractivity contribution is 7.98. The van der Waals surface area contributed by atoms with Crippen LogP contribution >= 0.6 is 11.8 Å². The summed E-state index contributed by atoms with van der Waals surface area (Å²) >= 11 is 1.89. The number of fused-ring (bicyclic) bond motifs is 1. The molecule has 0 amide bonds. The molecule has 90 valence electrons. The number of rotatable bonds is 3. The number of hydrogen-bond donors (Lipinski definition) is 1. The Morgan fingerprint density at radius 3 is 2.83 bits per heavy atom. The van der Waals surface area contributed by atoms with E-state index in [1.165, 1.54) is 21.6 Å². The summed E-state index contributed by atoms with van der Waals surface area (Å²) < 4.78 is 0. The fraction of sp³-hybridized carbons (Fsp3) is 0.125. The normalized spacial score (nSPS) is 12.9. The van der Waals surface area contributed by atoms with Crippen LogP contribution in [-0.2, 0) is 12.3 Å². The third-order valence-electron chi connectivity index (χ3n) is 3.04. The lowest BCUT2D eigenvalue weighted by atomic mass is 10.1. The summed E-state index contributed by atoms with van der Waals surface area (Å²) in [7, 11) is 0. The van der Waals surface area contributed by atoms with Crippen molar-refractivity contribution >= 4 is 17.8 Å². The number of benzene rings is 2. The van der Waals surface area contributed by atoms with Crippen LogP contribution in [0.1, 0.15) is 16.7 Å². The quantitative estimate of drug-likeness (QED) is 0.828. The van der Waals surface area contributed by atoms with Gasteiger partial charge in [-0.05, 0) is 41.1 Å². The average Bonchev–Trinajstić information content (AvgIpc) is 2.46. The lowest BCUT2D eigenvalue weighted by Gasteiger charge is -2.13. The summed E-state index contributed by atoms with van der Waals surface area (Å²) in [5, 5.41) is 3.25. The van der Waals surface area contributed by atoms with Gasteiger partial charge in [0.05, 0.1) is 0 Å². The van der Waals surface area contributed by atoms with Crippen molar-refractivity contribution in [2.24, 2.45) is 0 Å². The zero-order valence-corrected chi connectivity index (χ0v) is 10.9. The molecule has 0 radical (unpaired) electrons. The van der Waals surface area contributed by atoms with E-state index in [1.54, 1.807) is 0 Å². The maximum atomic E-state index is 3.25. The van der Waals surface area contributed by atoms with Crippen LogP contribution in [0.3, 0.4) is 0 Å². The Morgan fingerprint density at radius 2 is 1.94 bits per heavy atom. The van der Waals surface area contributed by atoms with Gasteiger partial charge in [-0.1, -0.05) is 36.4 Å². The highest BCUT2D eigenvalue weighted by Gasteiger charge is 2.05. The third-order valence-corrected chi connectivity index (χ3v) is 4.10. The van der Waals surface area contributed by atoms with Gasteiger partial charge >= 0.3 is 0 Å². The largest absolute Gasteiger partial charge is 0.387 e. The molecule has 0 fully saturated rings. The van der Waals surface area contributed by atoms with E-state index in [4.69, 9.17) is 0 Å². The van der Waals surface area contributed by atoms with E-state index in [9.17, 15) is 0 Å². The molecule has 1 aliphatic rings. The Kier molecular flexibility index (Phi) is 3.37. The summed E-state index contributed by atoms with van der Waals surface area (Å²) in [5.41, 5.74) is 4.09. The fourth-order valence-electron chi connectivity index (χ4n) is 2.05. The van der Waals surface area contributed by atoms with Crippen molar-refractivity contribution in [2.75, 3.05) is 0 Å². The zero-order valence-electron chi connectivity index (χ0n) is 10.1. The predicted molar refractivity (Wildman–Crippen MR) is 78.3 cm³/mol. The molecule has 2 heteroatoms. The first-order valence-corrected chi connectivity index (χ1v) is 7.10. The van der Waals surface area contributed by atoms with Crippen LogP contribution in [0.2, 0.25) is 0 Å². The van der Waals surface area contributed by atoms with E-state index in [-0.39, 0.29) is 0 Å². The van der Waals surface area contributed by atoms with Gasteiger partial charge in [0.1, 0.15) is 0 Å². The van der Waals surface area contributed by atoms with Gasteiger partial charge in [0.25, 0.3) is 0 Å². The monoisotopic (exact) mass is 253 g/mol. The van der Waals surface area contributed by atoms with E-state index in [1.807, 2.05) is 18.0 Å². The van der Waals surface area contributed by atoms with E-state index >= 15 is 0 Å². The van der Waals surface area contributed by atoms with E-state index in [0.29, 0.717) is 0 Å². The second-order valence-electron chi connectivity index (χ2n) is 4.35. The molecule has 0 atom stereocenters. The number of hydrogen-bond acceptors (Lipinski definition) is 2. The van der Waals surface area contributed by atoms with Crippen molar-refractivity contribution in [1.29, 1.82) is 0 Å².